The first-order chi connectivity index (χ1) is 19.8. The zero-order valence-electron chi connectivity index (χ0n) is 23.0. The van der Waals surface area contributed by atoms with Crippen LogP contribution in [0.3, 0.4) is 0 Å². The van der Waals surface area contributed by atoms with Crippen molar-refractivity contribution in [1.29, 1.82) is 0 Å². The lowest BCUT2D eigenvalue weighted by atomic mass is 10.0. The zero-order valence-corrected chi connectivity index (χ0v) is 24.6. The van der Waals surface area contributed by atoms with Crippen LogP contribution in [-0.2, 0) is 16.1 Å². The number of hydrogen-bond acceptors (Lipinski definition) is 6. The number of amides is 3. The smallest absolute Gasteiger partial charge is 0.278 e. The van der Waals surface area contributed by atoms with E-state index in [4.69, 9.17) is 4.74 Å². The minimum Gasteiger partial charge on any atom is -0.496 e. The first-order valence-corrected chi connectivity index (χ1v) is 14.2. The maximum Gasteiger partial charge on any atom is 0.278 e. The van der Waals surface area contributed by atoms with Gasteiger partial charge in [0.2, 0.25) is 5.91 Å². The summed E-state index contributed by atoms with van der Waals surface area (Å²) in [4.78, 5) is 52.5. The molecule has 0 spiro atoms. The number of benzene rings is 3. The van der Waals surface area contributed by atoms with Crippen LogP contribution in [0.5, 0.6) is 5.75 Å². The van der Waals surface area contributed by atoms with Gasteiger partial charge >= 0.3 is 0 Å². The van der Waals surface area contributed by atoms with Crippen molar-refractivity contribution in [1.82, 2.24) is 15.3 Å². The molecule has 0 fully saturated rings. The van der Waals surface area contributed by atoms with Crippen molar-refractivity contribution in [3.63, 3.8) is 0 Å². The van der Waals surface area contributed by atoms with Crippen LogP contribution in [0.25, 0.3) is 10.8 Å². The molecular weight excluding hydrogens is 586 g/mol. The van der Waals surface area contributed by atoms with E-state index < -0.39 is 11.9 Å². The molecule has 0 bridgehead atoms. The topological polar surface area (TPSA) is 105 Å². The Hall–Kier alpha value is -4.31. The summed E-state index contributed by atoms with van der Waals surface area (Å²) in [6.45, 7) is 3.81. The number of methoxy groups -OCH3 is 1. The van der Waals surface area contributed by atoms with E-state index in [1.165, 1.54) is 23.5 Å². The first kappa shape index (κ1) is 28.2. The fourth-order valence-corrected chi connectivity index (χ4v) is 5.33. The summed E-state index contributed by atoms with van der Waals surface area (Å²) in [6.07, 6.45) is 4.94. The minimum atomic E-state index is -1.00. The molecule has 9 nitrogen and oxygen atoms in total. The van der Waals surface area contributed by atoms with E-state index in [-0.39, 0.29) is 36.5 Å². The number of carbonyl (C=O) groups excluding carboxylic acids is 3. The Kier molecular flexibility index (Phi) is 8.30. The highest BCUT2D eigenvalue weighted by Crippen LogP contribution is 2.38. The molecule has 41 heavy (non-hydrogen) atoms. The summed E-state index contributed by atoms with van der Waals surface area (Å²) in [7, 11) is 1.60. The van der Waals surface area contributed by atoms with Crippen LogP contribution in [0, 0.1) is 5.92 Å². The fraction of sp³-hybridized carbons (Fsp3) is 0.258. The molecule has 1 aliphatic heterocycles. The third-order valence-electron chi connectivity index (χ3n) is 7.38. The largest absolute Gasteiger partial charge is 0.496 e. The molecule has 0 aliphatic carbocycles. The lowest BCUT2D eigenvalue weighted by molar-refractivity contribution is -0.129. The molecule has 0 unspecified atom stereocenters. The van der Waals surface area contributed by atoms with Crippen molar-refractivity contribution in [2.24, 2.45) is 5.92 Å². The number of hydrogen-bond donors (Lipinski definition) is 1. The number of nitrogens with one attached hydrogen (secondary N) is 1. The Morgan fingerprint density at radius 3 is 2.61 bits per heavy atom. The molecule has 0 radical (unpaired) electrons. The number of carbonyl (C=O) groups is 3. The zero-order chi connectivity index (χ0) is 29.1. The van der Waals surface area contributed by atoms with Gasteiger partial charge in [-0.1, -0.05) is 54.0 Å². The summed E-state index contributed by atoms with van der Waals surface area (Å²) in [5, 5.41) is 4.83. The van der Waals surface area contributed by atoms with Gasteiger partial charge in [0.25, 0.3) is 11.8 Å². The maximum absolute atomic E-state index is 14.4. The van der Waals surface area contributed by atoms with Gasteiger partial charge in [-0.3, -0.25) is 19.4 Å². The van der Waals surface area contributed by atoms with Gasteiger partial charge < -0.3 is 19.9 Å². The van der Waals surface area contributed by atoms with Crippen LogP contribution in [0.2, 0.25) is 0 Å². The maximum atomic E-state index is 14.4. The summed E-state index contributed by atoms with van der Waals surface area (Å²) in [5.74, 6) is -0.684. The Bertz CT molecular complexity index is 1610. The number of fused-ring (bicyclic) bond motifs is 2. The lowest BCUT2D eigenvalue weighted by Gasteiger charge is -2.27. The molecular formula is C31H30BrN5O4. The Labute approximate surface area is 246 Å². The van der Waals surface area contributed by atoms with E-state index in [9.17, 15) is 14.4 Å². The number of rotatable bonds is 7. The first-order valence-electron chi connectivity index (χ1n) is 13.4. The molecule has 2 heterocycles. The number of anilines is 2. The van der Waals surface area contributed by atoms with E-state index in [0.717, 1.165) is 20.8 Å². The number of ether oxygens (including phenoxy) is 1. The fourth-order valence-electron chi connectivity index (χ4n) is 4.95. The van der Waals surface area contributed by atoms with E-state index >= 15 is 0 Å². The molecule has 3 amide bonds. The molecule has 4 aromatic rings. The van der Waals surface area contributed by atoms with E-state index in [0.29, 0.717) is 23.5 Å². The highest BCUT2D eigenvalue weighted by atomic mass is 79.9. The van der Waals surface area contributed by atoms with Crippen LogP contribution < -0.4 is 19.9 Å². The summed E-state index contributed by atoms with van der Waals surface area (Å²) in [6, 6.07) is 16.0. The third-order valence-corrected chi connectivity index (χ3v) is 7.88. The molecule has 0 saturated heterocycles. The van der Waals surface area contributed by atoms with Gasteiger partial charge in [-0.2, -0.15) is 0 Å². The van der Waals surface area contributed by atoms with E-state index in [1.54, 1.807) is 24.1 Å². The van der Waals surface area contributed by atoms with Crippen LogP contribution >= 0.6 is 15.9 Å². The molecule has 10 heteroatoms. The van der Waals surface area contributed by atoms with Crippen molar-refractivity contribution in [2.45, 2.75) is 32.9 Å². The van der Waals surface area contributed by atoms with Crippen molar-refractivity contribution < 1.29 is 19.1 Å². The normalized spacial score (nSPS) is 15.7. The minimum absolute atomic E-state index is 0.0659. The summed E-state index contributed by atoms with van der Waals surface area (Å²) in [5.41, 5.74) is 2.00. The van der Waals surface area contributed by atoms with Gasteiger partial charge in [-0.25, -0.2) is 4.98 Å². The Morgan fingerprint density at radius 2 is 1.90 bits per heavy atom. The molecule has 1 aromatic heterocycles. The van der Waals surface area contributed by atoms with Crippen molar-refractivity contribution in [2.75, 3.05) is 23.5 Å². The molecule has 0 saturated carbocycles. The van der Waals surface area contributed by atoms with Crippen LogP contribution in [0.4, 0.5) is 11.4 Å². The molecule has 1 N–H and O–H groups in total. The van der Waals surface area contributed by atoms with Gasteiger partial charge in [-0.15, -0.1) is 0 Å². The molecule has 210 valence electrons. The summed E-state index contributed by atoms with van der Waals surface area (Å²) < 4.78 is 6.67. The standard InChI is InChI=1S/C31H30BrN5O4/c1-4-19(2)29(38)35-25-18-37(30(39)24-16-33-13-14-34-24)27-8-6-5-7-26(27)36(31(25)40)17-23-22-11-10-21(32)15-20(22)9-12-28(23)41-3/h5-16,19,25H,4,17-18H2,1-3H3,(H,35,38)/t19-,25+/m1/s1. The lowest BCUT2D eigenvalue weighted by Crippen LogP contribution is -2.53. The van der Waals surface area contributed by atoms with Crippen LogP contribution in [0.1, 0.15) is 36.3 Å². The average molecular weight is 617 g/mol. The van der Waals surface area contributed by atoms with E-state index in [2.05, 4.69) is 31.2 Å². The second-order valence-electron chi connectivity index (χ2n) is 9.90. The molecule has 1 aliphatic rings. The summed E-state index contributed by atoms with van der Waals surface area (Å²) >= 11 is 3.54. The second kappa shape index (κ2) is 12.1. The number of nitrogens with zero attached hydrogens (tertiary/aromatic N) is 4. The molecule has 3 aromatic carbocycles. The Balaban J connectivity index is 1.65. The highest BCUT2D eigenvalue weighted by Gasteiger charge is 2.38. The second-order valence-corrected chi connectivity index (χ2v) is 10.8. The van der Waals surface area contributed by atoms with Crippen molar-refractivity contribution >= 4 is 55.8 Å². The monoisotopic (exact) mass is 615 g/mol. The highest BCUT2D eigenvalue weighted by molar-refractivity contribution is 9.10. The van der Waals surface area contributed by atoms with Gasteiger partial charge in [0.1, 0.15) is 17.5 Å². The van der Waals surface area contributed by atoms with Gasteiger partial charge in [-0.05, 0) is 47.5 Å². The van der Waals surface area contributed by atoms with E-state index in [1.807, 2.05) is 56.3 Å². The predicted octanol–water partition coefficient (Wildman–Crippen LogP) is 5.13. The molecule has 2 atom stereocenters. The van der Waals surface area contributed by atoms with Gasteiger partial charge in [0.05, 0.1) is 37.8 Å². The van der Waals surface area contributed by atoms with Gasteiger partial charge in [0.15, 0.2) is 0 Å². The predicted molar refractivity (Wildman–Crippen MR) is 161 cm³/mol. The molecule has 5 rings (SSSR count). The van der Waals surface area contributed by atoms with Crippen molar-refractivity contribution in [3.05, 3.63) is 88.9 Å². The number of aromatic nitrogens is 2. The van der Waals surface area contributed by atoms with Crippen LogP contribution in [0.15, 0.2) is 77.7 Å². The number of para-hydroxylation sites is 2. The van der Waals surface area contributed by atoms with Gasteiger partial charge in [0, 0.05) is 28.3 Å². The average Bonchev–Trinajstić information content (AvgIpc) is 3.11. The Morgan fingerprint density at radius 1 is 1.12 bits per heavy atom. The quantitative estimate of drug-likeness (QED) is 0.309. The third kappa shape index (κ3) is 5.65. The van der Waals surface area contributed by atoms with Crippen molar-refractivity contribution in [3.8, 4) is 5.75 Å². The van der Waals surface area contributed by atoms with Crippen LogP contribution in [-0.4, -0.2) is 47.4 Å². The number of halogens is 1. The SMILES string of the molecule is CC[C@@H](C)C(=O)N[C@H]1CN(C(=O)c2cnccn2)c2ccccc2N(Cc2c(OC)ccc3cc(Br)ccc23)C1=O.